The van der Waals surface area contributed by atoms with Crippen molar-refractivity contribution >= 4 is 57.5 Å². The Morgan fingerprint density at radius 1 is 0.410 bits per heavy atom. The van der Waals surface area contributed by atoms with E-state index in [4.69, 9.17) is 28.4 Å². The highest BCUT2D eigenvalue weighted by molar-refractivity contribution is 5.92. The minimum Gasteiger partial charge on any atom is -0.493 e. The first-order valence-electron chi connectivity index (χ1n) is 39.4. The molecular weight excluding hydrogens is 1500 g/mol. The maximum Gasteiger partial charge on any atom is 0.331 e. The second-order valence-corrected chi connectivity index (χ2v) is 28.8. The number of ether oxygens (including phenoxy) is 6. The lowest BCUT2D eigenvalue weighted by atomic mass is 9.95. The van der Waals surface area contributed by atoms with Crippen molar-refractivity contribution < 1.29 is 58.1 Å². The summed E-state index contributed by atoms with van der Waals surface area (Å²) in [6.07, 6.45) is 9.63. The number of H-pyrrole nitrogens is 6. The van der Waals surface area contributed by atoms with Gasteiger partial charge in [-0.15, -0.1) is 30.6 Å². The van der Waals surface area contributed by atoms with E-state index in [1.165, 1.54) is 38.5 Å². The van der Waals surface area contributed by atoms with Gasteiger partial charge in [-0.1, -0.05) is 50.2 Å². The van der Waals surface area contributed by atoms with E-state index in [2.05, 4.69) is 90.8 Å². The third-order valence-corrected chi connectivity index (χ3v) is 20.5. The number of nitrogens with one attached hydrogen (secondary N) is 6. The van der Waals surface area contributed by atoms with Gasteiger partial charge >= 0.3 is 17.9 Å². The lowest BCUT2D eigenvalue weighted by Crippen LogP contribution is -2.25. The van der Waals surface area contributed by atoms with Crippen LogP contribution in [0.3, 0.4) is 0 Å². The average Bonchev–Trinajstić information content (AvgIpc) is 1.63. The van der Waals surface area contributed by atoms with Gasteiger partial charge in [0.1, 0.15) is 71.8 Å². The molecule has 6 aromatic carbocycles. The number of fused-ring (bicyclic) bond motifs is 3. The Labute approximate surface area is 671 Å². The van der Waals surface area contributed by atoms with Crippen LogP contribution in [0.1, 0.15) is 96.8 Å². The molecule has 9 N–H and O–H groups in total. The standard InChI is InChI=1S/2C28H32N6O5.C28H30N6O5/c3*1-3-38-23-16-19(6-8-21(23)25-29-26-24(27(35)30-25)31-33-32-26)18-7-9-22(20(15-18)14-17(2)28(36)37)39-13-12-34-10-4-5-11-34/h2*6-9,15-17H,3-5,10-14H2,1-2H3,(H,36,37)(H2,29,30,31,32,33,35);6-9,14-16H,3-5,10-13H2,1-2H3,(H,36,37)(H2,29,30,31,32,33,35)/b;;17-14+. The molecule has 12 aromatic rings. The molecule has 2 atom stereocenters. The molecule has 0 bridgehead atoms. The van der Waals surface area contributed by atoms with Gasteiger partial charge in [0.05, 0.1) is 48.3 Å². The zero-order valence-electron chi connectivity index (χ0n) is 66.0. The number of carboxylic acids is 3. The van der Waals surface area contributed by atoms with Crippen LogP contribution in [-0.2, 0) is 27.2 Å². The van der Waals surface area contributed by atoms with Crippen molar-refractivity contribution in [3.63, 3.8) is 0 Å². The number of nitrogens with zero attached hydrogens (tertiary/aromatic N) is 12. The summed E-state index contributed by atoms with van der Waals surface area (Å²) in [5, 5.41) is 59.1. The Morgan fingerprint density at radius 3 is 1.04 bits per heavy atom. The van der Waals surface area contributed by atoms with E-state index in [1.54, 1.807) is 26.8 Å². The second kappa shape index (κ2) is 38.4. The average molecular weight is 1600 g/mol. The molecule has 2 unspecified atom stereocenters. The van der Waals surface area contributed by atoms with Gasteiger partial charge in [0, 0.05) is 30.8 Å². The predicted octanol–water partition coefficient (Wildman–Crippen LogP) is 10.8. The molecule has 3 aliphatic heterocycles. The van der Waals surface area contributed by atoms with Crippen LogP contribution in [0.25, 0.3) is 107 Å². The first-order chi connectivity index (χ1) is 56.8. The Morgan fingerprint density at radius 2 is 0.718 bits per heavy atom. The summed E-state index contributed by atoms with van der Waals surface area (Å²) in [6, 6.07) is 34.3. The summed E-state index contributed by atoms with van der Waals surface area (Å²) >= 11 is 0. The van der Waals surface area contributed by atoms with E-state index in [0.29, 0.717) is 127 Å². The normalized spacial score (nSPS) is 14.4. The monoisotopic (exact) mass is 1590 g/mol. The van der Waals surface area contributed by atoms with E-state index in [9.17, 15) is 44.1 Å². The summed E-state index contributed by atoms with van der Waals surface area (Å²) in [6.45, 7) is 22.6. The third-order valence-electron chi connectivity index (χ3n) is 20.5. The van der Waals surface area contributed by atoms with Crippen LogP contribution in [-0.4, -0.2) is 223 Å². The Hall–Kier alpha value is -13.0. The predicted molar refractivity (Wildman–Crippen MR) is 439 cm³/mol. The molecule has 0 saturated carbocycles. The van der Waals surface area contributed by atoms with Crippen molar-refractivity contribution in [1.82, 2.24) is 90.8 Å². The number of likely N-dealkylation sites (tertiary alicyclic amines) is 3. The van der Waals surface area contributed by atoms with Gasteiger partial charge in [0.25, 0.3) is 16.7 Å². The highest BCUT2D eigenvalue weighted by Crippen LogP contribution is 2.40. The summed E-state index contributed by atoms with van der Waals surface area (Å²) in [5.74, 6) is 0.834. The third kappa shape index (κ3) is 20.4. The SMILES string of the molecule is CCOc1cc(-c2ccc(OCCN3CCCC3)c(/C=C(\C)C(=O)O)c2)ccc1-c1nc2n[nH]nc2c(=O)[nH]1.CCOc1cc(-c2ccc(OCCN3CCCC3)c(CC(C)C(=O)O)c2)ccc1-c1nc2n[nH]nc2c(=O)[nH]1.CCOc1cc(-c2ccc(OCCN3CCCC3)c(CC(C)C(=O)O)c2)ccc1-c1nc2n[nH]nc2c(=O)[nH]1. The molecule has 3 fully saturated rings. The van der Waals surface area contributed by atoms with Crippen molar-refractivity contribution in [2.45, 2.75) is 92.9 Å². The molecule has 15 rings (SSSR count). The number of carbonyl (C=O) groups is 3. The van der Waals surface area contributed by atoms with Crippen molar-refractivity contribution in [3.05, 3.63) is 163 Å². The fourth-order valence-electron chi connectivity index (χ4n) is 14.3. The summed E-state index contributed by atoms with van der Waals surface area (Å²) < 4.78 is 36.1. The summed E-state index contributed by atoms with van der Waals surface area (Å²) in [4.78, 5) is 101. The lowest BCUT2D eigenvalue weighted by molar-refractivity contribution is -0.142. The molecule has 0 spiro atoms. The number of aromatic amines is 6. The Kier molecular flexibility index (Phi) is 26.9. The minimum absolute atomic E-state index is 0.133. The summed E-state index contributed by atoms with van der Waals surface area (Å²) in [5.41, 5.74) is 9.52. The van der Waals surface area contributed by atoms with Gasteiger partial charge in [-0.25, -0.2) is 19.7 Å². The van der Waals surface area contributed by atoms with Gasteiger partial charge in [-0.05, 0) is 242 Å². The van der Waals surface area contributed by atoms with Crippen molar-refractivity contribution in [3.8, 4) is 102 Å². The Bertz CT molecular complexity index is 5510. The molecule has 6 aromatic heterocycles. The number of benzene rings is 6. The van der Waals surface area contributed by atoms with Gasteiger partial charge in [0.2, 0.25) is 16.9 Å². The fourth-order valence-corrected chi connectivity index (χ4v) is 14.3. The molecule has 0 radical (unpaired) electrons. The number of hydrogen-bond acceptors (Lipinski definition) is 24. The second-order valence-electron chi connectivity index (χ2n) is 28.8. The molecule has 0 aliphatic carbocycles. The number of carboxylic acid groups (broad SMARTS) is 3. The largest absolute Gasteiger partial charge is 0.493 e. The molecule has 117 heavy (non-hydrogen) atoms. The lowest BCUT2D eigenvalue weighted by Gasteiger charge is -2.18. The maximum atomic E-state index is 12.4. The number of rotatable bonds is 32. The van der Waals surface area contributed by atoms with E-state index >= 15 is 0 Å². The minimum atomic E-state index is -0.989. The van der Waals surface area contributed by atoms with Gasteiger partial charge < -0.3 is 58.7 Å². The molecule has 610 valence electrons. The maximum absolute atomic E-state index is 12.4. The quantitative estimate of drug-likeness (QED) is 0.0177. The first-order valence-corrected chi connectivity index (χ1v) is 39.4. The molecule has 0 amide bonds. The number of aromatic nitrogens is 15. The fraction of sp³-hybridized carbons (Fsp3) is 0.369. The van der Waals surface area contributed by atoms with Gasteiger partial charge in [-0.3, -0.25) is 38.7 Å². The van der Waals surface area contributed by atoms with E-state index in [-0.39, 0.29) is 39.1 Å². The van der Waals surface area contributed by atoms with Crippen molar-refractivity contribution in [1.29, 1.82) is 0 Å². The molecule has 9 heterocycles. The van der Waals surface area contributed by atoms with Gasteiger partial charge in [0.15, 0.2) is 16.6 Å². The number of hydrogen-bond donors (Lipinski definition) is 9. The highest BCUT2D eigenvalue weighted by Gasteiger charge is 2.24. The zero-order chi connectivity index (χ0) is 82.1. The van der Waals surface area contributed by atoms with Gasteiger partial charge in [-0.2, -0.15) is 15.6 Å². The molecule has 3 saturated heterocycles. The van der Waals surface area contributed by atoms with Crippen LogP contribution in [0.2, 0.25) is 0 Å². The van der Waals surface area contributed by atoms with Crippen LogP contribution in [0, 0.1) is 11.8 Å². The van der Waals surface area contributed by atoms with E-state index < -0.39 is 46.4 Å². The van der Waals surface area contributed by atoms with Crippen LogP contribution in [0.4, 0.5) is 0 Å². The Balaban J connectivity index is 0.000000152. The van der Waals surface area contributed by atoms with Crippen LogP contribution in [0.5, 0.6) is 34.5 Å². The smallest absolute Gasteiger partial charge is 0.331 e. The van der Waals surface area contributed by atoms with Crippen LogP contribution >= 0.6 is 0 Å². The van der Waals surface area contributed by atoms with Crippen LogP contribution in [0.15, 0.2) is 129 Å². The highest BCUT2D eigenvalue weighted by atomic mass is 16.5. The molecule has 33 heteroatoms. The van der Waals surface area contributed by atoms with Crippen molar-refractivity contribution in [2.24, 2.45) is 11.8 Å². The molecular formula is C84H94N18O15. The van der Waals surface area contributed by atoms with E-state index in [0.717, 1.165) is 103 Å². The summed E-state index contributed by atoms with van der Waals surface area (Å²) in [7, 11) is 0. The first kappa shape index (κ1) is 82.0. The topological polar surface area (TPSA) is 439 Å². The number of aliphatic carboxylic acids is 3. The van der Waals surface area contributed by atoms with E-state index in [1.807, 2.05) is 130 Å². The molecule has 33 nitrogen and oxygen atoms in total. The van der Waals surface area contributed by atoms with Crippen LogP contribution < -0.4 is 45.1 Å². The zero-order valence-corrected chi connectivity index (χ0v) is 66.0. The van der Waals surface area contributed by atoms with Crippen molar-refractivity contribution in [2.75, 3.05) is 98.5 Å². The molecule has 3 aliphatic rings.